The van der Waals surface area contributed by atoms with E-state index < -0.39 is 0 Å². The Kier molecular flexibility index (Phi) is 5.24. The molecule has 0 aliphatic carbocycles. The first kappa shape index (κ1) is 22.0. The van der Waals surface area contributed by atoms with E-state index in [0.29, 0.717) is 11.5 Å². The number of pyridine rings is 1. The Morgan fingerprint density at radius 3 is 2.23 bits per heavy atom. The van der Waals surface area contributed by atoms with E-state index in [1.54, 1.807) is 24.6 Å². The van der Waals surface area contributed by atoms with E-state index in [-0.39, 0.29) is 5.91 Å². The van der Waals surface area contributed by atoms with Gasteiger partial charge in [-0.05, 0) is 72.2 Å². The Hall–Kier alpha value is -3.48. The zero-order valence-corrected chi connectivity index (χ0v) is 20.8. The lowest BCUT2D eigenvalue weighted by atomic mass is 9.81. The first-order valence-corrected chi connectivity index (χ1v) is 12.2. The molecule has 0 radical (unpaired) electrons. The Labute approximate surface area is 206 Å². The number of aromatic nitrogens is 2. The van der Waals surface area contributed by atoms with E-state index in [1.165, 1.54) is 16.7 Å². The number of aromatic amines is 1. The smallest absolute Gasteiger partial charge is 0.253 e. The Bertz CT molecular complexity index is 1400. The molecule has 2 aliphatic heterocycles. The summed E-state index contributed by atoms with van der Waals surface area (Å²) in [6.07, 6.45) is 3.99. The van der Waals surface area contributed by atoms with Crippen LogP contribution in [0.25, 0.3) is 33.3 Å². The predicted molar refractivity (Wildman–Crippen MR) is 140 cm³/mol. The van der Waals surface area contributed by atoms with E-state index in [1.807, 2.05) is 36.7 Å². The van der Waals surface area contributed by atoms with Crippen LogP contribution in [0, 0.1) is 0 Å². The van der Waals surface area contributed by atoms with Crippen molar-refractivity contribution in [1.82, 2.24) is 24.7 Å². The highest BCUT2D eigenvalue weighted by Gasteiger charge is 2.31. The fraction of sp³-hybridized carbons (Fsp3) is 0.310. The van der Waals surface area contributed by atoms with Crippen molar-refractivity contribution in [3.8, 4) is 22.3 Å². The van der Waals surface area contributed by atoms with Crippen molar-refractivity contribution in [1.29, 1.82) is 0 Å². The SMILES string of the molecule is CN1Cc2cc(-c3cnc4[nH]cc(-c5ccc(C(=O)N(C)C)cc5)c4c3)cc3c2C(C1)CN(C)C3. The van der Waals surface area contributed by atoms with Gasteiger partial charge in [0.2, 0.25) is 0 Å². The summed E-state index contributed by atoms with van der Waals surface area (Å²) in [4.78, 5) is 26.8. The monoisotopic (exact) mass is 465 g/mol. The molecule has 0 fully saturated rings. The molecule has 0 bridgehead atoms. The van der Waals surface area contributed by atoms with Gasteiger partial charge in [-0.3, -0.25) is 4.79 Å². The number of hydrogen-bond donors (Lipinski definition) is 1. The number of carbonyl (C=O) groups excluding carboxylic acids is 1. The van der Waals surface area contributed by atoms with Gasteiger partial charge < -0.3 is 19.7 Å². The summed E-state index contributed by atoms with van der Waals surface area (Å²) in [7, 11) is 7.99. The lowest BCUT2D eigenvalue weighted by Gasteiger charge is -2.40. The highest BCUT2D eigenvalue weighted by molar-refractivity contribution is 5.98. The van der Waals surface area contributed by atoms with Crippen LogP contribution in [0.3, 0.4) is 0 Å². The van der Waals surface area contributed by atoms with Crippen molar-refractivity contribution in [2.24, 2.45) is 0 Å². The van der Waals surface area contributed by atoms with Gasteiger partial charge in [0, 0.05) is 80.7 Å². The number of likely N-dealkylation sites (N-methyl/N-ethyl adjacent to an activating group) is 2. The van der Waals surface area contributed by atoms with E-state index in [0.717, 1.165) is 53.9 Å². The van der Waals surface area contributed by atoms with Crippen molar-refractivity contribution in [3.05, 3.63) is 77.1 Å². The number of amides is 1. The minimum atomic E-state index is 0.00864. The topological polar surface area (TPSA) is 55.5 Å². The van der Waals surface area contributed by atoms with Crippen LogP contribution in [-0.4, -0.2) is 71.9 Å². The Morgan fingerprint density at radius 1 is 0.943 bits per heavy atom. The standard InChI is InChI=1S/C29H31N5O/c1-32(2)29(35)19-7-5-18(6-8-19)26-13-31-28-25(26)11-21(12-30-28)20-9-22-14-33(3)16-24-17-34(4)15-23(10-20)27(22)24/h5-13,24H,14-17H2,1-4H3,(H,30,31). The third-order valence-electron chi connectivity index (χ3n) is 7.42. The van der Waals surface area contributed by atoms with Gasteiger partial charge in [-0.1, -0.05) is 12.1 Å². The van der Waals surface area contributed by atoms with Crippen molar-refractivity contribution < 1.29 is 4.79 Å². The van der Waals surface area contributed by atoms with Gasteiger partial charge in [-0.2, -0.15) is 0 Å². The molecule has 2 aromatic heterocycles. The van der Waals surface area contributed by atoms with E-state index in [4.69, 9.17) is 4.98 Å². The van der Waals surface area contributed by atoms with E-state index in [9.17, 15) is 4.79 Å². The molecule has 0 spiro atoms. The summed E-state index contributed by atoms with van der Waals surface area (Å²) < 4.78 is 0. The summed E-state index contributed by atoms with van der Waals surface area (Å²) in [5.74, 6) is 0.597. The summed E-state index contributed by atoms with van der Waals surface area (Å²) in [6, 6.07) is 14.8. The van der Waals surface area contributed by atoms with Crippen LogP contribution in [-0.2, 0) is 13.1 Å². The number of nitrogens with one attached hydrogen (secondary N) is 1. The molecule has 6 rings (SSSR count). The second-order valence-corrected chi connectivity index (χ2v) is 10.4. The van der Waals surface area contributed by atoms with Crippen LogP contribution in [0.2, 0.25) is 0 Å². The summed E-state index contributed by atoms with van der Waals surface area (Å²) in [5.41, 5.74) is 10.6. The van der Waals surface area contributed by atoms with Gasteiger partial charge in [-0.25, -0.2) is 4.98 Å². The normalized spacial score (nSPS) is 16.5. The fourth-order valence-electron chi connectivity index (χ4n) is 5.89. The van der Waals surface area contributed by atoms with Gasteiger partial charge in [0.25, 0.3) is 5.91 Å². The molecule has 0 saturated carbocycles. The number of rotatable bonds is 3. The maximum atomic E-state index is 12.3. The molecule has 0 saturated heterocycles. The minimum Gasteiger partial charge on any atom is -0.346 e. The van der Waals surface area contributed by atoms with Crippen LogP contribution in [0.1, 0.15) is 33.0 Å². The highest BCUT2D eigenvalue weighted by atomic mass is 16.2. The molecule has 6 heteroatoms. The van der Waals surface area contributed by atoms with Crippen LogP contribution < -0.4 is 0 Å². The van der Waals surface area contributed by atoms with Gasteiger partial charge in [0.1, 0.15) is 5.65 Å². The van der Waals surface area contributed by atoms with E-state index in [2.05, 4.69) is 47.1 Å². The number of nitrogens with zero attached hydrogens (tertiary/aromatic N) is 4. The summed E-state index contributed by atoms with van der Waals surface area (Å²) >= 11 is 0. The molecule has 35 heavy (non-hydrogen) atoms. The van der Waals surface area contributed by atoms with Gasteiger partial charge in [0.15, 0.2) is 0 Å². The number of hydrogen-bond acceptors (Lipinski definition) is 4. The van der Waals surface area contributed by atoms with E-state index >= 15 is 0 Å². The van der Waals surface area contributed by atoms with Crippen molar-refractivity contribution in [2.45, 2.75) is 19.0 Å². The molecule has 178 valence electrons. The van der Waals surface area contributed by atoms with Gasteiger partial charge in [0.05, 0.1) is 0 Å². The Balaban J connectivity index is 1.41. The minimum absolute atomic E-state index is 0.00864. The van der Waals surface area contributed by atoms with Crippen LogP contribution in [0.15, 0.2) is 54.9 Å². The zero-order chi connectivity index (χ0) is 24.3. The molecule has 2 aromatic carbocycles. The zero-order valence-electron chi connectivity index (χ0n) is 20.8. The first-order valence-electron chi connectivity index (χ1n) is 12.2. The number of H-pyrrole nitrogens is 1. The molecule has 2 aliphatic rings. The van der Waals surface area contributed by atoms with Crippen molar-refractivity contribution in [2.75, 3.05) is 41.3 Å². The molecule has 1 N–H and O–H groups in total. The summed E-state index contributed by atoms with van der Waals surface area (Å²) in [5, 5.41) is 1.09. The second kappa shape index (κ2) is 8.33. The molecule has 4 heterocycles. The molecular formula is C29H31N5O. The first-order chi connectivity index (χ1) is 16.9. The average molecular weight is 466 g/mol. The molecule has 1 amide bonds. The van der Waals surface area contributed by atoms with Crippen molar-refractivity contribution in [3.63, 3.8) is 0 Å². The quantitative estimate of drug-likeness (QED) is 0.482. The fourth-order valence-corrected chi connectivity index (χ4v) is 5.89. The summed E-state index contributed by atoms with van der Waals surface area (Å²) in [6.45, 7) is 4.25. The van der Waals surface area contributed by atoms with Crippen LogP contribution in [0.5, 0.6) is 0 Å². The van der Waals surface area contributed by atoms with Crippen LogP contribution >= 0.6 is 0 Å². The van der Waals surface area contributed by atoms with Crippen molar-refractivity contribution >= 4 is 16.9 Å². The number of fused-ring (bicyclic) bond motifs is 1. The Morgan fingerprint density at radius 2 is 1.60 bits per heavy atom. The maximum absolute atomic E-state index is 12.3. The second-order valence-electron chi connectivity index (χ2n) is 10.4. The lowest BCUT2D eigenvalue weighted by Crippen LogP contribution is -2.40. The number of carbonyl (C=O) groups is 1. The lowest BCUT2D eigenvalue weighted by molar-refractivity contribution is 0.0827. The predicted octanol–water partition coefficient (Wildman–Crippen LogP) is 4.57. The molecule has 0 unspecified atom stereocenters. The maximum Gasteiger partial charge on any atom is 0.253 e. The van der Waals surface area contributed by atoms with Gasteiger partial charge in [-0.15, -0.1) is 0 Å². The largest absolute Gasteiger partial charge is 0.346 e. The average Bonchev–Trinajstić information content (AvgIpc) is 3.26. The molecular weight excluding hydrogens is 434 g/mol. The van der Waals surface area contributed by atoms with Crippen LogP contribution in [0.4, 0.5) is 0 Å². The third kappa shape index (κ3) is 3.83. The van der Waals surface area contributed by atoms with Gasteiger partial charge >= 0.3 is 0 Å². The number of benzene rings is 2. The molecule has 0 atom stereocenters. The third-order valence-corrected chi connectivity index (χ3v) is 7.42. The molecule has 4 aromatic rings. The highest BCUT2D eigenvalue weighted by Crippen LogP contribution is 2.39. The molecule has 6 nitrogen and oxygen atoms in total.